The molecule has 2 aromatic rings. The van der Waals surface area contributed by atoms with Gasteiger partial charge in [0.05, 0.1) is 10.6 Å². The Morgan fingerprint density at radius 2 is 1.88 bits per heavy atom. The van der Waals surface area contributed by atoms with Crippen LogP contribution in [0.1, 0.15) is 16.7 Å². The molecule has 0 aromatic heterocycles. The van der Waals surface area contributed by atoms with Crippen molar-refractivity contribution < 1.29 is 4.79 Å². The van der Waals surface area contributed by atoms with Crippen molar-refractivity contribution in [3.63, 3.8) is 0 Å². The number of nitrogens with zero attached hydrogens (tertiary/aromatic N) is 1. The van der Waals surface area contributed by atoms with Crippen molar-refractivity contribution in [3.8, 4) is 0 Å². The van der Waals surface area contributed by atoms with Crippen LogP contribution < -0.4 is 4.90 Å². The first-order valence-corrected chi connectivity index (χ1v) is 9.33. The summed E-state index contributed by atoms with van der Waals surface area (Å²) < 4.78 is 0.522. The van der Waals surface area contributed by atoms with E-state index in [2.05, 4.69) is 0 Å². The van der Waals surface area contributed by atoms with Crippen molar-refractivity contribution in [1.82, 2.24) is 0 Å². The lowest BCUT2D eigenvalue weighted by Crippen LogP contribution is -2.28. The number of thioether (sulfide) groups is 1. The molecule has 0 spiro atoms. The maximum Gasteiger partial charge on any atom is 0.270 e. The third-order valence-corrected chi connectivity index (χ3v) is 5.29. The summed E-state index contributed by atoms with van der Waals surface area (Å²) in [5.74, 6) is -0.136. The quantitative estimate of drug-likeness (QED) is 0.489. The summed E-state index contributed by atoms with van der Waals surface area (Å²) in [6.07, 6.45) is 3.50. The lowest BCUT2D eigenvalue weighted by Gasteiger charge is -2.17. The number of amides is 1. The van der Waals surface area contributed by atoms with Crippen LogP contribution in [0.2, 0.25) is 0 Å². The van der Waals surface area contributed by atoms with E-state index in [-0.39, 0.29) is 5.91 Å². The molecule has 0 aliphatic carbocycles. The van der Waals surface area contributed by atoms with E-state index in [4.69, 9.17) is 23.8 Å². The monoisotopic (exact) mass is 385 g/mol. The second-order valence-electron chi connectivity index (χ2n) is 5.75. The molecule has 5 heteroatoms. The van der Waals surface area contributed by atoms with Gasteiger partial charge in [-0.25, -0.2) is 0 Å². The zero-order chi connectivity index (χ0) is 18.0. The van der Waals surface area contributed by atoms with E-state index in [0.717, 1.165) is 22.4 Å². The molecule has 126 valence electrons. The van der Waals surface area contributed by atoms with Crippen LogP contribution in [0.5, 0.6) is 0 Å². The maximum absolute atomic E-state index is 12.8. The molecule has 1 aliphatic rings. The molecule has 0 unspecified atom stereocenters. The summed E-state index contributed by atoms with van der Waals surface area (Å²) in [6.45, 7) is 3.97. The van der Waals surface area contributed by atoms with Gasteiger partial charge < -0.3 is 0 Å². The molecule has 1 saturated heterocycles. The fourth-order valence-corrected chi connectivity index (χ4v) is 4.09. The highest BCUT2D eigenvalue weighted by atomic mass is 35.5. The average Bonchev–Trinajstić information content (AvgIpc) is 2.84. The number of hydrogen-bond acceptors (Lipinski definition) is 3. The van der Waals surface area contributed by atoms with E-state index < -0.39 is 0 Å². The fraction of sp³-hybridized carbons (Fsp3) is 0.100. The van der Waals surface area contributed by atoms with Crippen LogP contribution in [-0.4, -0.2) is 10.2 Å². The minimum atomic E-state index is -0.136. The van der Waals surface area contributed by atoms with E-state index in [1.807, 2.05) is 68.5 Å². The third-order valence-electron chi connectivity index (χ3n) is 3.77. The predicted octanol–water partition coefficient (Wildman–Crippen LogP) is 5.83. The molecule has 1 fully saturated rings. The second-order valence-corrected chi connectivity index (χ2v) is 7.86. The number of benzene rings is 2. The van der Waals surface area contributed by atoms with Crippen LogP contribution in [-0.2, 0) is 4.79 Å². The Hall–Kier alpha value is -1.88. The third kappa shape index (κ3) is 4.03. The topological polar surface area (TPSA) is 20.3 Å². The highest BCUT2D eigenvalue weighted by Crippen LogP contribution is 2.37. The highest BCUT2D eigenvalue weighted by molar-refractivity contribution is 8.27. The van der Waals surface area contributed by atoms with Gasteiger partial charge in [0.2, 0.25) is 0 Å². The zero-order valence-corrected chi connectivity index (χ0v) is 16.2. The van der Waals surface area contributed by atoms with Crippen LogP contribution in [0.15, 0.2) is 64.5 Å². The molecule has 0 bridgehead atoms. The zero-order valence-electron chi connectivity index (χ0n) is 13.8. The average molecular weight is 386 g/mol. The van der Waals surface area contributed by atoms with Gasteiger partial charge >= 0.3 is 0 Å². The van der Waals surface area contributed by atoms with E-state index in [0.29, 0.717) is 14.3 Å². The largest absolute Gasteiger partial charge is 0.270 e. The van der Waals surface area contributed by atoms with Crippen LogP contribution in [0.4, 0.5) is 5.69 Å². The first-order chi connectivity index (χ1) is 12.0. The lowest BCUT2D eigenvalue weighted by molar-refractivity contribution is -0.113. The molecular weight excluding hydrogens is 370 g/mol. The van der Waals surface area contributed by atoms with Gasteiger partial charge in [-0.3, -0.25) is 9.69 Å². The van der Waals surface area contributed by atoms with E-state index in [9.17, 15) is 4.79 Å². The SMILES string of the molecule is Cc1ccc(C)c(N2C(=O)C(=CC(Cl)=Cc3ccccc3)SC2=S)c1. The number of carbonyl (C=O) groups excluding carboxylic acids is 1. The van der Waals surface area contributed by atoms with Crippen LogP contribution in [0.3, 0.4) is 0 Å². The molecule has 0 atom stereocenters. The van der Waals surface area contributed by atoms with Gasteiger partial charge in [-0.1, -0.05) is 78.0 Å². The molecule has 3 rings (SSSR count). The summed E-state index contributed by atoms with van der Waals surface area (Å²) >= 11 is 13.0. The van der Waals surface area contributed by atoms with Gasteiger partial charge in [0.15, 0.2) is 4.32 Å². The van der Waals surface area contributed by atoms with Gasteiger partial charge in [0.1, 0.15) is 0 Å². The minimum absolute atomic E-state index is 0.136. The Labute approximate surface area is 162 Å². The number of thiocarbonyl (C=S) groups is 1. The Balaban J connectivity index is 1.91. The number of allylic oxidation sites excluding steroid dienone is 2. The van der Waals surface area contributed by atoms with E-state index in [1.54, 1.807) is 11.0 Å². The van der Waals surface area contributed by atoms with Crippen LogP contribution in [0, 0.1) is 13.8 Å². The first-order valence-electron chi connectivity index (χ1n) is 7.73. The van der Waals surface area contributed by atoms with Gasteiger partial charge in [-0.2, -0.15) is 0 Å². The van der Waals surface area contributed by atoms with Crippen LogP contribution in [0.25, 0.3) is 6.08 Å². The summed E-state index contributed by atoms with van der Waals surface area (Å²) in [7, 11) is 0. The van der Waals surface area contributed by atoms with Crippen molar-refractivity contribution in [3.05, 3.63) is 81.2 Å². The lowest BCUT2D eigenvalue weighted by atomic mass is 10.1. The van der Waals surface area contributed by atoms with Gasteiger partial charge in [-0.15, -0.1) is 0 Å². The molecule has 0 N–H and O–H groups in total. The Morgan fingerprint density at radius 3 is 2.60 bits per heavy atom. The number of hydrogen-bond donors (Lipinski definition) is 0. The smallest absolute Gasteiger partial charge is 0.268 e. The summed E-state index contributed by atoms with van der Waals surface area (Å²) in [5.41, 5.74) is 3.90. The maximum atomic E-state index is 12.8. The second kappa shape index (κ2) is 7.56. The number of anilines is 1. The summed E-state index contributed by atoms with van der Waals surface area (Å²) in [6, 6.07) is 15.7. The van der Waals surface area contributed by atoms with E-state index >= 15 is 0 Å². The van der Waals surface area contributed by atoms with Gasteiger partial charge in [0.25, 0.3) is 5.91 Å². The summed E-state index contributed by atoms with van der Waals surface area (Å²) in [4.78, 5) is 14.9. The number of rotatable bonds is 3. The van der Waals surface area contributed by atoms with Gasteiger partial charge in [-0.05, 0) is 48.8 Å². The predicted molar refractivity (Wildman–Crippen MR) is 112 cm³/mol. The Kier molecular flexibility index (Phi) is 5.42. The molecule has 2 nitrogen and oxygen atoms in total. The highest BCUT2D eigenvalue weighted by Gasteiger charge is 2.34. The molecular formula is C20H16ClNOS2. The van der Waals surface area contributed by atoms with Gasteiger partial charge in [0, 0.05) is 5.03 Å². The molecule has 0 radical (unpaired) electrons. The Morgan fingerprint density at radius 1 is 1.16 bits per heavy atom. The van der Waals surface area contributed by atoms with Crippen molar-refractivity contribution in [2.45, 2.75) is 13.8 Å². The van der Waals surface area contributed by atoms with Crippen LogP contribution >= 0.6 is 35.6 Å². The first kappa shape index (κ1) is 17.9. The molecule has 0 saturated carbocycles. The van der Waals surface area contributed by atoms with Crippen molar-refractivity contribution in [2.75, 3.05) is 4.90 Å². The van der Waals surface area contributed by atoms with Crippen molar-refractivity contribution >= 4 is 57.6 Å². The molecule has 1 amide bonds. The Bertz CT molecular complexity index is 903. The fourth-order valence-electron chi connectivity index (χ4n) is 2.51. The number of aryl methyl sites for hydroxylation is 2. The normalized spacial score (nSPS) is 16.8. The molecule has 25 heavy (non-hydrogen) atoms. The molecule has 2 aromatic carbocycles. The minimum Gasteiger partial charge on any atom is -0.268 e. The van der Waals surface area contributed by atoms with E-state index in [1.165, 1.54) is 11.8 Å². The standard InChI is InChI=1S/C20H16ClNOS2/c1-13-8-9-14(2)17(10-13)22-19(23)18(25-20(22)24)12-16(21)11-15-6-4-3-5-7-15/h3-12H,1-2H3. The summed E-state index contributed by atoms with van der Waals surface area (Å²) in [5, 5.41) is 0.493. The van der Waals surface area contributed by atoms with Crippen molar-refractivity contribution in [1.29, 1.82) is 0 Å². The van der Waals surface area contributed by atoms with Crippen molar-refractivity contribution in [2.24, 2.45) is 0 Å². The molecule has 1 aliphatic heterocycles. The molecule has 1 heterocycles. The number of carbonyl (C=O) groups is 1. The number of halogens is 1.